The zero-order valence-electron chi connectivity index (χ0n) is 14.9. The number of anilines is 1. The number of benzene rings is 2. The molecule has 2 rings (SSSR count). The summed E-state index contributed by atoms with van der Waals surface area (Å²) in [4.78, 5) is 11.8. The van der Waals surface area contributed by atoms with Crippen molar-refractivity contribution in [3.8, 4) is 0 Å². The summed E-state index contributed by atoms with van der Waals surface area (Å²) < 4.78 is 70.0. The molecule has 0 unspecified atom stereocenters. The van der Waals surface area contributed by atoms with Crippen molar-refractivity contribution in [2.75, 3.05) is 25.0 Å². The molecular formula is C18H19F3N2O4S. The molecule has 10 heteroatoms. The molecule has 0 aliphatic carbocycles. The summed E-state index contributed by atoms with van der Waals surface area (Å²) in [5, 5.41) is 2.66. The second-order valence-electron chi connectivity index (χ2n) is 5.81. The van der Waals surface area contributed by atoms with E-state index in [1.54, 1.807) is 7.11 Å². The average Bonchev–Trinajstić information content (AvgIpc) is 2.64. The maximum Gasteiger partial charge on any atom is 0.416 e. The highest BCUT2D eigenvalue weighted by atomic mass is 32.2. The molecule has 1 amide bonds. The van der Waals surface area contributed by atoms with Gasteiger partial charge in [0.2, 0.25) is 0 Å². The van der Waals surface area contributed by atoms with Gasteiger partial charge in [-0.05, 0) is 48.9 Å². The number of rotatable bonds is 8. The lowest BCUT2D eigenvalue weighted by Crippen LogP contribution is -2.25. The van der Waals surface area contributed by atoms with Crippen LogP contribution in [-0.2, 0) is 20.9 Å². The Morgan fingerprint density at radius 1 is 1.11 bits per heavy atom. The number of alkyl halides is 3. The van der Waals surface area contributed by atoms with Crippen LogP contribution in [-0.4, -0.2) is 34.6 Å². The SMILES string of the molecule is COCCCNC(=O)c1ccc(S(=O)(=O)Nc2cccc(C(F)(F)F)c2)cc1. The number of carbonyl (C=O) groups is 1. The first-order chi connectivity index (χ1) is 13.1. The molecule has 6 nitrogen and oxygen atoms in total. The molecular weight excluding hydrogens is 397 g/mol. The van der Waals surface area contributed by atoms with Crippen LogP contribution in [0.1, 0.15) is 22.3 Å². The molecule has 152 valence electrons. The number of halogens is 3. The van der Waals surface area contributed by atoms with Gasteiger partial charge in [-0.3, -0.25) is 9.52 Å². The molecule has 0 radical (unpaired) electrons. The van der Waals surface area contributed by atoms with E-state index in [0.29, 0.717) is 25.6 Å². The van der Waals surface area contributed by atoms with Gasteiger partial charge < -0.3 is 10.1 Å². The molecule has 28 heavy (non-hydrogen) atoms. The number of amides is 1. The van der Waals surface area contributed by atoms with Crippen LogP contribution in [0.3, 0.4) is 0 Å². The van der Waals surface area contributed by atoms with Crippen LogP contribution in [0.2, 0.25) is 0 Å². The van der Waals surface area contributed by atoms with Crippen LogP contribution in [0.15, 0.2) is 53.4 Å². The average molecular weight is 416 g/mol. The topological polar surface area (TPSA) is 84.5 Å². The Morgan fingerprint density at radius 2 is 1.79 bits per heavy atom. The van der Waals surface area contributed by atoms with E-state index in [9.17, 15) is 26.4 Å². The molecule has 0 spiro atoms. The number of sulfonamides is 1. The zero-order valence-corrected chi connectivity index (χ0v) is 15.7. The standard InChI is InChI=1S/C18H19F3N2O4S/c1-27-11-3-10-22-17(24)13-6-8-16(9-7-13)28(25,26)23-15-5-2-4-14(12-15)18(19,20)21/h2,4-9,12,23H,3,10-11H2,1H3,(H,22,24). The molecule has 0 aromatic heterocycles. The van der Waals surface area contributed by atoms with Gasteiger partial charge in [0.05, 0.1) is 10.5 Å². The van der Waals surface area contributed by atoms with E-state index in [1.165, 1.54) is 30.3 Å². The quantitative estimate of drug-likeness (QED) is 0.647. The van der Waals surface area contributed by atoms with Gasteiger partial charge in [-0.15, -0.1) is 0 Å². The van der Waals surface area contributed by atoms with Gasteiger partial charge in [0.1, 0.15) is 0 Å². The first-order valence-corrected chi connectivity index (χ1v) is 9.69. The molecule has 0 bridgehead atoms. The zero-order chi connectivity index (χ0) is 20.8. The van der Waals surface area contributed by atoms with Crippen molar-refractivity contribution in [3.05, 3.63) is 59.7 Å². The van der Waals surface area contributed by atoms with E-state index in [1.807, 2.05) is 0 Å². The monoisotopic (exact) mass is 416 g/mol. The summed E-state index contributed by atoms with van der Waals surface area (Å²) >= 11 is 0. The third-order valence-electron chi connectivity index (χ3n) is 3.68. The van der Waals surface area contributed by atoms with Crippen molar-refractivity contribution in [3.63, 3.8) is 0 Å². The van der Waals surface area contributed by atoms with Gasteiger partial charge in [-0.25, -0.2) is 8.42 Å². The highest BCUT2D eigenvalue weighted by Gasteiger charge is 2.30. The van der Waals surface area contributed by atoms with E-state index in [0.717, 1.165) is 12.1 Å². The number of carbonyl (C=O) groups excluding carboxylic acids is 1. The summed E-state index contributed by atoms with van der Waals surface area (Å²) in [5.41, 5.74) is -0.918. The van der Waals surface area contributed by atoms with E-state index < -0.39 is 21.8 Å². The van der Waals surface area contributed by atoms with Crippen molar-refractivity contribution in [1.82, 2.24) is 5.32 Å². The van der Waals surface area contributed by atoms with Crippen molar-refractivity contribution in [2.45, 2.75) is 17.5 Å². The highest BCUT2D eigenvalue weighted by Crippen LogP contribution is 2.31. The molecule has 2 N–H and O–H groups in total. The normalized spacial score (nSPS) is 11.9. The van der Waals surface area contributed by atoms with Crippen molar-refractivity contribution >= 4 is 21.6 Å². The van der Waals surface area contributed by atoms with Crippen LogP contribution >= 0.6 is 0 Å². The minimum atomic E-state index is -4.58. The van der Waals surface area contributed by atoms with E-state index in [4.69, 9.17) is 4.74 Å². The lowest BCUT2D eigenvalue weighted by molar-refractivity contribution is -0.137. The largest absolute Gasteiger partial charge is 0.416 e. The van der Waals surface area contributed by atoms with Gasteiger partial charge in [0, 0.05) is 31.5 Å². The van der Waals surface area contributed by atoms with E-state index >= 15 is 0 Å². The van der Waals surface area contributed by atoms with Crippen LogP contribution in [0.25, 0.3) is 0 Å². The van der Waals surface area contributed by atoms with Gasteiger partial charge in [0.25, 0.3) is 15.9 Å². The fourth-order valence-electron chi connectivity index (χ4n) is 2.28. The third-order valence-corrected chi connectivity index (χ3v) is 5.08. The summed E-state index contributed by atoms with van der Waals surface area (Å²) in [7, 11) is -2.56. The van der Waals surface area contributed by atoms with Gasteiger partial charge in [0.15, 0.2) is 0 Å². The van der Waals surface area contributed by atoms with Gasteiger partial charge in [-0.2, -0.15) is 13.2 Å². The van der Waals surface area contributed by atoms with Crippen molar-refractivity contribution in [1.29, 1.82) is 0 Å². The molecule has 0 heterocycles. The van der Waals surface area contributed by atoms with Crippen molar-refractivity contribution in [2.24, 2.45) is 0 Å². The second kappa shape index (κ2) is 9.07. The molecule has 0 fully saturated rings. The van der Waals surface area contributed by atoms with Crippen molar-refractivity contribution < 1.29 is 31.1 Å². The second-order valence-corrected chi connectivity index (χ2v) is 7.49. The number of hydrogen-bond acceptors (Lipinski definition) is 4. The van der Waals surface area contributed by atoms with E-state index in [2.05, 4.69) is 10.0 Å². The molecule has 0 aliphatic heterocycles. The van der Waals surface area contributed by atoms with Gasteiger partial charge in [-0.1, -0.05) is 6.07 Å². The number of nitrogens with one attached hydrogen (secondary N) is 2. The predicted molar refractivity (Wildman–Crippen MR) is 97.5 cm³/mol. The lowest BCUT2D eigenvalue weighted by atomic mass is 10.2. The Kier molecular flexibility index (Phi) is 7.03. The summed E-state index contributed by atoms with van der Waals surface area (Å²) in [6, 6.07) is 8.95. The minimum Gasteiger partial charge on any atom is -0.385 e. The maximum absolute atomic E-state index is 12.8. The summed E-state index contributed by atoms with van der Waals surface area (Å²) in [5.74, 6) is -0.370. The Balaban J connectivity index is 2.09. The minimum absolute atomic E-state index is 0.180. The van der Waals surface area contributed by atoms with Crippen LogP contribution < -0.4 is 10.0 Å². The number of methoxy groups -OCH3 is 1. The van der Waals surface area contributed by atoms with Crippen LogP contribution in [0.4, 0.5) is 18.9 Å². The van der Waals surface area contributed by atoms with Crippen LogP contribution in [0.5, 0.6) is 0 Å². The fraction of sp³-hybridized carbons (Fsp3) is 0.278. The highest BCUT2D eigenvalue weighted by molar-refractivity contribution is 7.92. The van der Waals surface area contributed by atoms with Gasteiger partial charge >= 0.3 is 6.18 Å². The summed E-state index contributed by atoms with van der Waals surface area (Å²) in [6.45, 7) is 0.905. The number of hydrogen-bond donors (Lipinski definition) is 2. The lowest BCUT2D eigenvalue weighted by Gasteiger charge is -2.11. The van der Waals surface area contributed by atoms with E-state index in [-0.39, 0.29) is 22.1 Å². The number of ether oxygens (including phenoxy) is 1. The third kappa shape index (κ3) is 5.96. The molecule has 0 saturated carbocycles. The maximum atomic E-state index is 12.8. The summed E-state index contributed by atoms with van der Waals surface area (Å²) in [6.07, 6.45) is -3.95. The Labute approximate surface area is 160 Å². The molecule has 2 aromatic rings. The molecule has 2 aromatic carbocycles. The molecule has 0 aliphatic rings. The smallest absolute Gasteiger partial charge is 0.385 e. The Hall–Kier alpha value is -2.59. The Morgan fingerprint density at radius 3 is 2.39 bits per heavy atom. The first kappa shape index (κ1) is 21.7. The molecule has 0 saturated heterocycles. The Bertz CT molecular complexity index is 913. The fourth-order valence-corrected chi connectivity index (χ4v) is 3.33. The molecule has 0 atom stereocenters. The first-order valence-electron chi connectivity index (χ1n) is 8.21. The predicted octanol–water partition coefficient (Wildman–Crippen LogP) is 3.27. The van der Waals surface area contributed by atoms with Crippen LogP contribution in [0, 0.1) is 0 Å².